The molecule has 1 heterocycles. The van der Waals surface area contributed by atoms with Gasteiger partial charge >= 0.3 is 0 Å². The number of nitrogens with one attached hydrogen (secondary N) is 1. The highest BCUT2D eigenvalue weighted by Crippen LogP contribution is 2.17. The summed E-state index contributed by atoms with van der Waals surface area (Å²) >= 11 is 0. The SMILES string of the molecule is Cc1ccccc1CNc1cccc(CN2CCCC2)c1. The smallest absolute Gasteiger partial charge is 0.0403 e. The van der Waals surface area contributed by atoms with Gasteiger partial charge in [-0.1, -0.05) is 36.4 Å². The van der Waals surface area contributed by atoms with Crippen LogP contribution in [0.2, 0.25) is 0 Å². The van der Waals surface area contributed by atoms with Crippen molar-refractivity contribution >= 4 is 5.69 Å². The van der Waals surface area contributed by atoms with E-state index >= 15 is 0 Å². The summed E-state index contributed by atoms with van der Waals surface area (Å²) in [5.74, 6) is 0. The highest BCUT2D eigenvalue weighted by atomic mass is 15.1. The maximum Gasteiger partial charge on any atom is 0.0403 e. The van der Waals surface area contributed by atoms with Gasteiger partial charge in [-0.3, -0.25) is 4.90 Å². The zero-order chi connectivity index (χ0) is 14.5. The molecule has 1 aliphatic heterocycles. The monoisotopic (exact) mass is 280 g/mol. The van der Waals surface area contributed by atoms with Gasteiger partial charge in [0.15, 0.2) is 0 Å². The molecular formula is C19H24N2. The van der Waals surface area contributed by atoms with Crippen LogP contribution in [0.5, 0.6) is 0 Å². The van der Waals surface area contributed by atoms with Crippen molar-refractivity contribution in [1.29, 1.82) is 0 Å². The molecule has 0 radical (unpaired) electrons. The number of aryl methyl sites for hydroxylation is 1. The molecule has 0 spiro atoms. The van der Waals surface area contributed by atoms with E-state index in [4.69, 9.17) is 0 Å². The van der Waals surface area contributed by atoms with E-state index in [9.17, 15) is 0 Å². The van der Waals surface area contributed by atoms with Crippen LogP contribution in [0.15, 0.2) is 48.5 Å². The quantitative estimate of drug-likeness (QED) is 0.883. The predicted octanol–water partition coefficient (Wildman–Crippen LogP) is 4.20. The minimum Gasteiger partial charge on any atom is -0.381 e. The second-order valence-electron chi connectivity index (χ2n) is 5.96. The molecule has 2 heteroatoms. The normalized spacial score (nSPS) is 15.3. The summed E-state index contributed by atoms with van der Waals surface area (Å²) in [6.07, 6.45) is 2.70. The van der Waals surface area contributed by atoms with Crippen LogP contribution in [-0.2, 0) is 13.1 Å². The lowest BCUT2D eigenvalue weighted by Gasteiger charge is -2.16. The van der Waals surface area contributed by atoms with Gasteiger partial charge in [0.25, 0.3) is 0 Å². The maximum absolute atomic E-state index is 3.55. The van der Waals surface area contributed by atoms with Gasteiger partial charge in [0.2, 0.25) is 0 Å². The van der Waals surface area contributed by atoms with Crippen molar-refractivity contribution in [3.05, 3.63) is 65.2 Å². The van der Waals surface area contributed by atoms with E-state index in [1.807, 2.05) is 0 Å². The molecule has 0 aliphatic carbocycles. The van der Waals surface area contributed by atoms with E-state index in [0.29, 0.717) is 0 Å². The number of rotatable bonds is 5. The van der Waals surface area contributed by atoms with Crippen LogP contribution in [0, 0.1) is 6.92 Å². The molecule has 0 atom stereocenters. The minimum absolute atomic E-state index is 0.889. The molecule has 2 aromatic rings. The summed E-state index contributed by atoms with van der Waals surface area (Å²) in [5, 5.41) is 3.55. The minimum atomic E-state index is 0.889. The highest BCUT2D eigenvalue weighted by Gasteiger charge is 2.11. The summed E-state index contributed by atoms with van der Waals surface area (Å²) in [7, 11) is 0. The summed E-state index contributed by atoms with van der Waals surface area (Å²) in [6.45, 7) is 6.64. The van der Waals surface area contributed by atoms with Gasteiger partial charge in [-0.15, -0.1) is 0 Å². The molecular weight excluding hydrogens is 256 g/mol. The van der Waals surface area contributed by atoms with Crippen molar-refractivity contribution in [1.82, 2.24) is 4.90 Å². The van der Waals surface area contributed by atoms with E-state index in [1.165, 1.54) is 48.3 Å². The molecule has 1 aliphatic rings. The molecule has 21 heavy (non-hydrogen) atoms. The van der Waals surface area contributed by atoms with Gasteiger partial charge in [-0.05, 0) is 61.7 Å². The zero-order valence-corrected chi connectivity index (χ0v) is 12.8. The van der Waals surface area contributed by atoms with Crippen molar-refractivity contribution in [2.75, 3.05) is 18.4 Å². The van der Waals surface area contributed by atoms with Crippen LogP contribution in [-0.4, -0.2) is 18.0 Å². The first kappa shape index (κ1) is 14.2. The molecule has 1 fully saturated rings. The van der Waals surface area contributed by atoms with E-state index in [2.05, 4.69) is 65.7 Å². The third-order valence-electron chi connectivity index (χ3n) is 4.28. The summed E-state index contributed by atoms with van der Waals surface area (Å²) < 4.78 is 0. The lowest BCUT2D eigenvalue weighted by atomic mass is 10.1. The van der Waals surface area contributed by atoms with Gasteiger partial charge < -0.3 is 5.32 Å². The van der Waals surface area contributed by atoms with E-state index in [-0.39, 0.29) is 0 Å². The third kappa shape index (κ3) is 3.85. The Morgan fingerprint density at radius 3 is 2.62 bits per heavy atom. The van der Waals surface area contributed by atoms with Gasteiger partial charge in [-0.2, -0.15) is 0 Å². The summed E-state index contributed by atoms with van der Waals surface area (Å²) in [6, 6.07) is 17.4. The molecule has 0 saturated carbocycles. The molecule has 2 aromatic carbocycles. The second-order valence-corrected chi connectivity index (χ2v) is 5.96. The Kier molecular flexibility index (Phi) is 4.56. The van der Waals surface area contributed by atoms with Crippen molar-refractivity contribution in [2.45, 2.75) is 32.9 Å². The Hall–Kier alpha value is -1.80. The lowest BCUT2D eigenvalue weighted by Crippen LogP contribution is -2.18. The van der Waals surface area contributed by atoms with E-state index in [1.54, 1.807) is 0 Å². The Balaban J connectivity index is 1.61. The van der Waals surface area contributed by atoms with Crippen molar-refractivity contribution in [3.8, 4) is 0 Å². The third-order valence-corrected chi connectivity index (χ3v) is 4.28. The molecule has 0 aromatic heterocycles. The first-order chi connectivity index (χ1) is 10.3. The Bertz CT molecular complexity index is 586. The lowest BCUT2D eigenvalue weighted by molar-refractivity contribution is 0.331. The molecule has 1 N–H and O–H groups in total. The van der Waals surface area contributed by atoms with Crippen LogP contribution in [0.3, 0.4) is 0 Å². The molecule has 0 bridgehead atoms. The van der Waals surface area contributed by atoms with Crippen molar-refractivity contribution in [3.63, 3.8) is 0 Å². The molecule has 0 unspecified atom stereocenters. The standard InChI is InChI=1S/C19H24N2/c1-16-7-2-3-9-18(16)14-20-19-10-6-8-17(13-19)15-21-11-4-5-12-21/h2-3,6-10,13,20H,4-5,11-12,14-15H2,1H3. The van der Waals surface area contributed by atoms with Crippen LogP contribution >= 0.6 is 0 Å². The topological polar surface area (TPSA) is 15.3 Å². The number of hydrogen-bond acceptors (Lipinski definition) is 2. The van der Waals surface area contributed by atoms with Gasteiger partial charge in [-0.25, -0.2) is 0 Å². The molecule has 1 saturated heterocycles. The first-order valence-corrected chi connectivity index (χ1v) is 7.91. The fourth-order valence-electron chi connectivity index (χ4n) is 2.98. The number of hydrogen-bond donors (Lipinski definition) is 1. The average Bonchev–Trinajstić information content (AvgIpc) is 3.00. The highest BCUT2D eigenvalue weighted by molar-refractivity contribution is 5.46. The number of benzene rings is 2. The average molecular weight is 280 g/mol. The Labute approximate surface area is 127 Å². The zero-order valence-electron chi connectivity index (χ0n) is 12.8. The number of likely N-dealkylation sites (tertiary alicyclic amines) is 1. The first-order valence-electron chi connectivity index (χ1n) is 7.91. The van der Waals surface area contributed by atoms with E-state index in [0.717, 1.165) is 13.1 Å². The Morgan fingerprint density at radius 1 is 1.00 bits per heavy atom. The Morgan fingerprint density at radius 2 is 1.81 bits per heavy atom. The summed E-state index contributed by atoms with van der Waals surface area (Å²) in [4.78, 5) is 2.54. The fourth-order valence-corrected chi connectivity index (χ4v) is 2.98. The van der Waals surface area contributed by atoms with Gasteiger partial charge in [0, 0.05) is 18.8 Å². The predicted molar refractivity (Wildman–Crippen MR) is 89.5 cm³/mol. The van der Waals surface area contributed by atoms with Crippen molar-refractivity contribution in [2.24, 2.45) is 0 Å². The molecule has 3 rings (SSSR count). The van der Waals surface area contributed by atoms with E-state index < -0.39 is 0 Å². The van der Waals surface area contributed by atoms with Crippen LogP contribution in [0.25, 0.3) is 0 Å². The number of anilines is 1. The van der Waals surface area contributed by atoms with Crippen molar-refractivity contribution < 1.29 is 0 Å². The second kappa shape index (κ2) is 6.77. The largest absolute Gasteiger partial charge is 0.381 e. The van der Waals surface area contributed by atoms with Gasteiger partial charge in [0.05, 0.1) is 0 Å². The molecule has 2 nitrogen and oxygen atoms in total. The molecule has 110 valence electrons. The summed E-state index contributed by atoms with van der Waals surface area (Å²) in [5.41, 5.74) is 5.34. The molecule has 0 amide bonds. The maximum atomic E-state index is 3.55. The van der Waals surface area contributed by atoms with Gasteiger partial charge in [0.1, 0.15) is 0 Å². The van der Waals surface area contributed by atoms with Crippen LogP contribution in [0.1, 0.15) is 29.5 Å². The van der Waals surface area contributed by atoms with Crippen LogP contribution in [0.4, 0.5) is 5.69 Å². The fraction of sp³-hybridized carbons (Fsp3) is 0.368. The number of nitrogens with zero attached hydrogens (tertiary/aromatic N) is 1. The van der Waals surface area contributed by atoms with Crippen LogP contribution < -0.4 is 5.32 Å².